The van der Waals surface area contributed by atoms with Gasteiger partial charge >= 0.3 is 0 Å². The van der Waals surface area contributed by atoms with Gasteiger partial charge in [0.25, 0.3) is 0 Å². The fraction of sp³-hybridized carbons (Fsp3) is 0.417. The molecule has 1 unspecified atom stereocenters. The first-order valence-corrected chi connectivity index (χ1v) is 5.73. The lowest BCUT2D eigenvalue weighted by molar-refractivity contribution is 0.563. The van der Waals surface area contributed by atoms with Gasteiger partial charge in [0.05, 0.1) is 0 Å². The molecule has 0 bridgehead atoms. The average Bonchev–Trinajstić information content (AvgIpc) is 2.76. The molecule has 17 heavy (non-hydrogen) atoms. The Labute approximate surface area is 101 Å². The Morgan fingerprint density at radius 2 is 2.35 bits per heavy atom. The van der Waals surface area contributed by atoms with Crippen molar-refractivity contribution in [2.75, 3.05) is 6.54 Å². The highest BCUT2D eigenvalue weighted by molar-refractivity contribution is 5.12. The smallest absolute Gasteiger partial charge is 0.133 e. The zero-order valence-corrected chi connectivity index (χ0v) is 10.2. The van der Waals surface area contributed by atoms with Crippen molar-refractivity contribution in [3.05, 3.63) is 42.2 Å². The summed E-state index contributed by atoms with van der Waals surface area (Å²) in [6.07, 6.45) is 6.27. The minimum absolute atomic E-state index is 0.303. The van der Waals surface area contributed by atoms with Crippen LogP contribution in [0.4, 0.5) is 0 Å². The van der Waals surface area contributed by atoms with Crippen LogP contribution >= 0.6 is 0 Å². The van der Waals surface area contributed by atoms with Crippen molar-refractivity contribution >= 4 is 0 Å². The third-order valence-corrected chi connectivity index (χ3v) is 2.79. The lowest BCUT2D eigenvalue weighted by atomic mass is 10.1. The second kappa shape index (κ2) is 5.54. The fourth-order valence-corrected chi connectivity index (χ4v) is 1.68. The summed E-state index contributed by atoms with van der Waals surface area (Å²) >= 11 is 0. The van der Waals surface area contributed by atoms with Crippen molar-refractivity contribution in [3.8, 4) is 0 Å². The molecular formula is C12H17N5. The molecule has 0 saturated carbocycles. The van der Waals surface area contributed by atoms with Gasteiger partial charge in [-0.15, -0.1) is 10.2 Å². The lowest BCUT2D eigenvalue weighted by Crippen LogP contribution is -2.22. The van der Waals surface area contributed by atoms with Crippen molar-refractivity contribution < 1.29 is 0 Å². The van der Waals surface area contributed by atoms with Crippen LogP contribution < -0.4 is 5.32 Å². The molecule has 0 amide bonds. The minimum Gasteiger partial charge on any atom is -0.321 e. The first-order valence-electron chi connectivity index (χ1n) is 5.73. The topological polar surface area (TPSA) is 55.6 Å². The third-order valence-electron chi connectivity index (χ3n) is 2.79. The molecule has 0 aliphatic carbocycles. The first kappa shape index (κ1) is 11.7. The Hall–Kier alpha value is -1.75. The molecule has 0 aliphatic rings. The molecule has 2 aromatic heterocycles. The van der Waals surface area contributed by atoms with E-state index in [4.69, 9.17) is 0 Å². The zero-order valence-electron chi connectivity index (χ0n) is 10.2. The largest absolute Gasteiger partial charge is 0.321 e. The molecule has 1 N–H and O–H groups in total. The van der Waals surface area contributed by atoms with Crippen LogP contribution in [0.2, 0.25) is 0 Å². The average molecular weight is 231 g/mol. The van der Waals surface area contributed by atoms with Crippen LogP contribution in [-0.4, -0.2) is 26.3 Å². The van der Waals surface area contributed by atoms with E-state index in [1.807, 2.05) is 23.9 Å². The highest BCUT2D eigenvalue weighted by Gasteiger charge is 2.05. The summed E-state index contributed by atoms with van der Waals surface area (Å²) in [4.78, 5) is 4.11. The molecule has 0 radical (unpaired) electrons. The molecule has 1 atom stereocenters. The number of hydrogen-bond acceptors (Lipinski definition) is 4. The van der Waals surface area contributed by atoms with Crippen LogP contribution in [0, 0.1) is 0 Å². The summed E-state index contributed by atoms with van der Waals surface area (Å²) in [7, 11) is 1.96. The van der Waals surface area contributed by atoms with E-state index in [-0.39, 0.29) is 0 Å². The van der Waals surface area contributed by atoms with Crippen LogP contribution in [0.15, 0.2) is 30.9 Å². The maximum absolute atomic E-state index is 4.11. The Morgan fingerprint density at radius 1 is 1.47 bits per heavy atom. The quantitative estimate of drug-likeness (QED) is 0.837. The van der Waals surface area contributed by atoms with E-state index in [9.17, 15) is 0 Å². The summed E-state index contributed by atoms with van der Waals surface area (Å²) in [5, 5.41) is 11.3. The molecule has 90 valence electrons. The van der Waals surface area contributed by atoms with Gasteiger partial charge in [-0.1, -0.05) is 6.07 Å². The predicted molar refractivity (Wildman–Crippen MR) is 65.4 cm³/mol. The molecule has 0 saturated heterocycles. The summed E-state index contributed by atoms with van der Waals surface area (Å²) in [6, 6.07) is 4.33. The van der Waals surface area contributed by atoms with Crippen molar-refractivity contribution in [1.82, 2.24) is 25.1 Å². The number of rotatable bonds is 5. The molecule has 0 aromatic carbocycles. The molecule has 5 nitrogen and oxygen atoms in total. The third kappa shape index (κ3) is 3.10. The number of nitrogens with one attached hydrogen (secondary N) is 1. The maximum Gasteiger partial charge on any atom is 0.133 e. The summed E-state index contributed by atoms with van der Waals surface area (Å²) in [5.74, 6) is 0.996. The van der Waals surface area contributed by atoms with Gasteiger partial charge < -0.3 is 9.88 Å². The molecule has 0 aliphatic heterocycles. The Bertz CT molecular complexity index is 451. The highest BCUT2D eigenvalue weighted by atomic mass is 15.2. The lowest BCUT2D eigenvalue weighted by Gasteiger charge is -2.13. The summed E-state index contributed by atoms with van der Waals surface area (Å²) in [6.45, 7) is 3.01. The van der Waals surface area contributed by atoms with E-state index in [2.05, 4.69) is 33.5 Å². The van der Waals surface area contributed by atoms with Crippen molar-refractivity contribution in [2.45, 2.75) is 19.4 Å². The fourth-order valence-electron chi connectivity index (χ4n) is 1.68. The normalized spacial score (nSPS) is 12.6. The van der Waals surface area contributed by atoms with Gasteiger partial charge in [0, 0.05) is 38.4 Å². The van der Waals surface area contributed by atoms with E-state index >= 15 is 0 Å². The number of nitrogens with zero attached hydrogens (tertiary/aromatic N) is 4. The minimum atomic E-state index is 0.303. The maximum atomic E-state index is 4.11. The van der Waals surface area contributed by atoms with Crippen LogP contribution in [0.5, 0.6) is 0 Å². The number of pyridine rings is 1. The van der Waals surface area contributed by atoms with E-state index in [0.29, 0.717) is 6.04 Å². The van der Waals surface area contributed by atoms with Gasteiger partial charge in [0.2, 0.25) is 0 Å². The van der Waals surface area contributed by atoms with E-state index < -0.39 is 0 Å². The second-order valence-electron chi connectivity index (χ2n) is 4.07. The van der Waals surface area contributed by atoms with Gasteiger partial charge in [-0.2, -0.15) is 0 Å². The van der Waals surface area contributed by atoms with Gasteiger partial charge in [0.1, 0.15) is 12.2 Å². The van der Waals surface area contributed by atoms with Crippen LogP contribution in [0.25, 0.3) is 0 Å². The molecular weight excluding hydrogens is 214 g/mol. The van der Waals surface area contributed by atoms with Crippen LogP contribution in [-0.2, 0) is 13.5 Å². The van der Waals surface area contributed by atoms with Gasteiger partial charge in [-0.05, 0) is 18.6 Å². The first-order chi connectivity index (χ1) is 8.27. The summed E-state index contributed by atoms with van der Waals surface area (Å²) in [5.41, 5.74) is 1.20. The van der Waals surface area contributed by atoms with E-state index in [1.165, 1.54) is 5.56 Å². The number of hydrogen-bond donors (Lipinski definition) is 1. The second-order valence-corrected chi connectivity index (χ2v) is 4.07. The van der Waals surface area contributed by atoms with Gasteiger partial charge in [-0.25, -0.2) is 0 Å². The highest BCUT2D eigenvalue weighted by Crippen LogP contribution is 2.09. The summed E-state index contributed by atoms with van der Waals surface area (Å²) < 4.78 is 1.94. The Balaban J connectivity index is 1.81. The Morgan fingerprint density at radius 3 is 3.00 bits per heavy atom. The monoisotopic (exact) mass is 231 g/mol. The van der Waals surface area contributed by atoms with Crippen molar-refractivity contribution in [2.24, 2.45) is 7.05 Å². The predicted octanol–water partition coefficient (Wildman–Crippen LogP) is 1.10. The molecule has 5 heteroatoms. The zero-order chi connectivity index (χ0) is 12.1. The Kier molecular flexibility index (Phi) is 3.82. The molecule has 2 heterocycles. The molecule has 0 spiro atoms. The number of aromatic nitrogens is 4. The van der Waals surface area contributed by atoms with Gasteiger partial charge in [0.15, 0.2) is 0 Å². The van der Waals surface area contributed by atoms with Gasteiger partial charge in [-0.3, -0.25) is 4.98 Å². The molecule has 0 fully saturated rings. The molecule has 2 rings (SSSR count). The van der Waals surface area contributed by atoms with Crippen molar-refractivity contribution in [3.63, 3.8) is 0 Å². The number of aryl methyl sites for hydroxylation is 1. The van der Waals surface area contributed by atoms with E-state index in [1.54, 1.807) is 12.5 Å². The van der Waals surface area contributed by atoms with E-state index in [0.717, 1.165) is 18.8 Å². The van der Waals surface area contributed by atoms with Crippen LogP contribution in [0.3, 0.4) is 0 Å². The molecule has 2 aromatic rings. The standard InChI is InChI=1S/C12H17N5/c1-10(11-4-3-6-13-8-11)14-7-5-12-16-15-9-17(12)2/h3-4,6,8-10,14H,5,7H2,1-2H3. The SMILES string of the molecule is CC(NCCc1nncn1C)c1cccnc1. The van der Waals surface area contributed by atoms with Crippen LogP contribution in [0.1, 0.15) is 24.4 Å². The van der Waals surface area contributed by atoms with Crippen molar-refractivity contribution in [1.29, 1.82) is 0 Å².